The molecule has 0 radical (unpaired) electrons. The zero-order valence-corrected chi connectivity index (χ0v) is 38.7. The van der Waals surface area contributed by atoms with Crippen LogP contribution in [0.4, 0.5) is 34.1 Å². The van der Waals surface area contributed by atoms with Crippen molar-refractivity contribution >= 4 is 55.9 Å². The van der Waals surface area contributed by atoms with Crippen LogP contribution in [0.5, 0.6) is 0 Å². The standard InChI is InChI=1S/C60H51N7O2/c1-3-5-13-41-19-23-43(24-20-41)57-62-64-59(68-57)45-27-31-49(32-28-45)66(47-15-9-7-10-16-47)51-35-37-55-53(39-51)54-40-52(36-38-56(54)61-55)67(48-17-11-8-12-18-48)50-33-29-46(30-34-50)60-65-63-58(69-60)44-25-21-42(22-26-44)14-6-4-2/h7-12,15-40,61H,3-6,13-14H2,1-2H3. The number of anilines is 6. The number of aryl methyl sites for hydroxylation is 2. The minimum atomic E-state index is 0.481. The summed E-state index contributed by atoms with van der Waals surface area (Å²) in [5.74, 6) is 1.98. The van der Waals surface area contributed by atoms with Gasteiger partial charge in [0, 0.05) is 78.2 Å². The lowest BCUT2D eigenvalue weighted by Gasteiger charge is -2.26. The van der Waals surface area contributed by atoms with Crippen LogP contribution in [0.1, 0.15) is 50.7 Å². The van der Waals surface area contributed by atoms with Crippen molar-refractivity contribution in [2.45, 2.75) is 52.4 Å². The Morgan fingerprint density at radius 1 is 0.362 bits per heavy atom. The largest absolute Gasteiger partial charge is 0.416 e. The minimum Gasteiger partial charge on any atom is -0.416 e. The molecule has 0 aliphatic heterocycles. The Balaban J connectivity index is 0.896. The molecule has 9 heteroatoms. The van der Waals surface area contributed by atoms with Crippen molar-refractivity contribution in [3.05, 3.63) is 205 Å². The van der Waals surface area contributed by atoms with E-state index in [2.05, 4.69) is 207 Å². The normalized spacial score (nSPS) is 11.4. The number of rotatable bonds is 16. The van der Waals surface area contributed by atoms with Crippen LogP contribution >= 0.6 is 0 Å². The van der Waals surface area contributed by atoms with Crippen molar-refractivity contribution in [1.29, 1.82) is 0 Å². The fourth-order valence-electron chi connectivity index (χ4n) is 9.01. The van der Waals surface area contributed by atoms with Gasteiger partial charge >= 0.3 is 0 Å². The molecule has 69 heavy (non-hydrogen) atoms. The molecule has 0 atom stereocenters. The van der Waals surface area contributed by atoms with E-state index in [0.717, 1.165) is 91.0 Å². The predicted molar refractivity (Wildman–Crippen MR) is 280 cm³/mol. The van der Waals surface area contributed by atoms with Crippen molar-refractivity contribution in [2.75, 3.05) is 9.80 Å². The molecule has 0 aliphatic carbocycles. The molecule has 0 amide bonds. The smallest absolute Gasteiger partial charge is 0.248 e. The van der Waals surface area contributed by atoms with Crippen LogP contribution in [0, 0.1) is 0 Å². The summed E-state index contributed by atoms with van der Waals surface area (Å²) in [5.41, 5.74) is 14.4. The molecule has 1 N–H and O–H groups in total. The molecule has 0 aliphatic rings. The maximum absolute atomic E-state index is 6.21. The first kappa shape index (κ1) is 43.0. The third-order valence-corrected chi connectivity index (χ3v) is 12.7. The molecule has 11 aromatic rings. The highest BCUT2D eigenvalue weighted by atomic mass is 16.4. The number of hydrogen-bond donors (Lipinski definition) is 1. The first-order valence-electron chi connectivity index (χ1n) is 23.9. The van der Waals surface area contributed by atoms with Crippen LogP contribution < -0.4 is 9.80 Å². The van der Waals surface area contributed by atoms with Crippen molar-refractivity contribution in [2.24, 2.45) is 0 Å². The highest BCUT2D eigenvalue weighted by molar-refractivity contribution is 6.10. The molecule has 338 valence electrons. The highest BCUT2D eigenvalue weighted by Gasteiger charge is 2.19. The molecule has 9 nitrogen and oxygen atoms in total. The molecule has 0 saturated heterocycles. The number of aromatic amines is 1. The van der Waals surface area contributed by atoms with Gasteiger partial charge in [-0.15, -0.1) is 20.4 Å². The van der Waals surface area contributed by atoms with Gasteiger partial charge in [0.05, 0.1) is 0 Å². The Morgan fingerprint density at radius 3 is 1.03 bits per heavy atom. The van der Waals surface area contributed by atoms with Crippen LogP contribution in [0.25, 0.3) is 67.6 Å². The first-order chi connectivity index (χ1) is 34.1. The van der Waals surface area contributed by atoms with Crippen molar-refractivity contribution < 1.29 is 8.83 Å². The number of aromatic nitrogens is 5. The van der Waals surface area contributed by atoms with E-state index in [0.29, 0.717) is 23.6 Å². The lowest BCUT2D eigenvalue weighted by Crippen LogP contribution is -2.10. The van der Waals surface area contributed by atoms with E-state index in [1.807, 2.05) is 36.4 Å². The highest BCUT2D eigenvalue weighted by Crippen LogP contribution is 2.42. The maximum Gasteiger partial charge on any atom is 0.248 e. The molecule has 0 spiro atoms. The van der Waals surface area contributed by atoms with Gasteiger partial charge < -0.3 is 23.6 Å². The van der Waals surface area contributed by atoms with Crippen molar-refractivity contribution in [3.63, 3.8) is 0 Å². The lowest BCUT2D eigenvalue weighted by atomic mass is 10.1. The van der Waals surface area contributed by atoms with Crippen LogP contribution in [0.3, 0.4) is 0 Å². The summed E-state index contributed by atoms with van der Waals surface area (Å²) >= 11 is 0. The third kappa shape index (κ3) is 9.02. The van der Waals surface area contributed by atoms with Gasteiger partial charge in [-0.25, -0.2) is 0 Å². The molecule has 0 unspecified atom stereocenters. The molecule has 0 bridgehead atoms. The predicted octanol–water partition coefficient (Wildman–Crippen LogP) is 16.4. The van der Waals surface area contributed by atoms with E-state index in [-0.39, 0.29) is 0 Å². The van der Waals surface area contributed by atoms with E-state index in [9.17, 15) is 0 Å². The van der Waals surface area contributed by atoms with Gasteiger partial charge in [-0.1, -0.05) is 87.4 Å². The van der Waals surface area contributed by atoms with E-state index >= 15 is 0 Å². The van der Waals surface area contributed by atoms with Gasteiger partial charge in [-0.2, -0.15) is 0 Å². The average molecular weight is 902 g/mol. The Labute approximate surface area is 401 Å². The van der Waals surface area contributed by atoms with Gasteiger partial charge in [0.2, 0.25) is 23.6 Å². The second-order valence-corrected chi connectivity index (χ2v) is 17.4. The lowest BCUT2D eigenvalue weighted by molar-refractivity contribution is 0.584. The van der Waals surface area contributed by atoms with Crippen LogP contribution in [0.2, 0.25) is 0 Å². The summed E-state index contributed by atoms with van der Waals surface area (Å²) in [5, 5.41) is 19.9. The van der Waals surface area contributed by atoms with Gasteiger partial charge in [0.1, 0.15) is 0 Å². The van der Waals surface area contributed by atoms with Crippen LogP contribution in [-0.4, -0.2) is 25.4 Å². The number of nitrogens with one attached hydrogen (secondary N) is 1. The second kappa shape index (κ2) is 19.3. The first-order valence-corrected chi connectivity index (χ1v) is 23.9. The van der Waals surface area contributed by atoms with Crippen molar-refractivity contribution in [3.8, 4) is 45.8 Å². The summed E-state index contributed by atoms with van der Waals surface area (Å²) in [6, 6.07) is 67.6. The SMILES string of the molecule is CCCCc1ccc(-c2nnc(-c3ccc(N(c4ccccc4)c4ccc5[nH]c6ccc(N(c7ccccc7)c7ccc(-c8nnc(-c9ccc(CCCC)cc9)o8)cc7)cc6c5c4)cc3)o2)cc1. The summed E-state index contributed by atoms with van der Waals surface area (Å²) in [6.07, 6.45) is 6.83. The minimum absolute atomic E-state index is 0.481. The third-order valence-electron chi connectivity index (χ3n) is 12.7. The Morgan fingerprint density at radius 2 is 0.681 bits per heavy atom. The molecular formula is C60H51N7O2. The number of fused-ring (bicyclic) bond motifs is 3. The van der Waals surface area contributed by atoms with Gasteiger partial charge in [-0.3, -0.25) is 0 Å². The number of nitrogens with zero attached hydrogens (tertiary/aromatic N) is 6. The number of hydrogen-bond acceptors (Lipinski definition) is 8. The Kier molecular flexibility index (Phi) is 12.1. The molecule has 11 rings (SSSR count). The number of para-hydroxylation sites is 2. The second-order valence-electron chi connectivity index (χ2n) is 17.4. The Bertz CT molecular complexity index is 3220. The van der Waals surface area contributed by atoms with E-state index in [1.165, 1.54) is 36.8 Å². The molecule has 3 aromatic heterocycles. The summed E-state index contributed by atoms with van der Waals surface area (Å²) in [6.45, 7) is 4.43. The zero-order valence-electron chi connectivity index (χ0n) is 38.7. The fraction of sp³-hybridized carbons (Fsp3) is 0.133. The Hall–Kier alpha value is -8.56. The van der Waals surface area contributed by atoms with E-state index in [4.69, 9.17) is 8.83 Å². The number of H-pyrrole nitrogens is 1. The molecule has 0 fully saturated rings. The topological polar surface area (TPSA) is 100 Å². The van der Waals surface area contributed by atoms with E-state index in [1.54, 1.807) is 0 Å². The molecular weight excluding hydrogens is 851 g/mol. The van der Waals surface area contributed by atoms with Crippen molar-refractivity contribution in [1.82, 2.24) is 25.4 Å². The number of unbranched alkanes of at least 4 members (excludes halogenated alkanes) is 2. The quantitative estimate of drug-likeness (QED) is 0.102. The van der Waals surface area contributed by atoms with Gasteiger partial charge in [0.15, 0.2) is 0 Å². The van der Waals surface area contributed by atoms with E-state index < -0.39 is 0 Å². The monoisotopic (exact) mass is 901 g/mol. The number of benzene rings is 8. The van der Waals surface area contributed by atoms with Gasteiger partial charge in [0.25, 0.3) is 0 Å². The average Bonchev–Trinajstić information content (AvgIpc) is 4.19. The molecule has 8 aromatic carbocycles. The molecule has 3 heterocycles. The fourth-order valence-corrected chi connectivity index (χ4v) is 9.01. The summed E-state index contributed by atoms with van der Waals surface area (Å²) in [4.78, 5) is 8.24. The van der Waals surface area contributed by atoms with Crippen LogP contribution in [0.15, 0.2) is 203 Å². The molecule has 0 saturated carbocycles. The summed E-state index contributed by atoms with van der Waals surface area (Å²) < 4.78 is 12.4. The van der Waals surface area contributed by atoms with Gasteiger partial charge in [-0.05, 0) is 170 Å². The zero-order chi connectivity index (χ0) is 46.5. The summed E-state index contributed by atoms with van der Waals surface area (Å²) in [7, 11) is 0. The maximum atomic E-state index is 6.21. The van der Waals surface area contributed by atoms with Crippen LogP contribution in [-0.2, 0) is 12.8 Å².